The smallest absolute Gasteiger partial charge is 0.00672 e. The fourth-order valence-electron chi connectivity index (χ4n) is 3.16. The Morgan fingerprint density at radius 3 is 2.33 bits per heavy atom. The fourth-order valence-corrected chi connectivity index (χ4v) is 3.16. The van der Waals surface area contributed by atoms with E-state index in [1.54, 1.807) is 0 Å². The summed E-state index contributed by atoms with van der Waals surface area (Å²) in [4.78, 5) is 0. The van der Waals surface area contributed by atoms with Crippen LogP contribution in [0.4, 0.5) is 0 Å². The average Bonchev–Trinajstić information content (AvgIpc) is 2.69. The van der Waals surface area contributed by atoms with Gasteiger partial charge in [0.1, 0.15) is 0 Å². The van der Waals surface area contributed by atoms with Crippen molar-refractivity contribution in [3.8, 4) is 0 Å². The summed E-state index contributed by atoms with van der Waals surface area (Å²) in [5, 5.41) is 0. The summed E-state index contributed by atoms with van der Waals surface area (Å²) in [5.74, 6) is 0.795. The van der Waals surface area contributed by atoms with Crippen LogP contribution in [0.1, 0.15) is 56.9 Å². The fraction of sp³-hybridized carbons (Fsp3) is 0.647. The summed E-state index contributed by atoms with van der Waals surface area (Å²) in [6, 6.07) is 11.2. The normalized spacial score (nSPS) is 19.4. The van der Waals surface area contributed by atoms with Crippen molar-refractivity contribution in [3.05, 3.63) is 35.9 Å². The molecule has 2 rings (SSSR count). The molecule has 2 N–H and O–H groups in total. The quantitative estimate of drug-likeness (QED) is 0.769. The zero-order chi connectivity index (χ0) is 12.6. The Balaban J connectivity index is 1.69. The van der Waals surface area contributed by atoms with Gasteiger partial charge >= 0.3 is 0 Å². The zero-order valence-electron chi connectivity index (χ0n) is 11.5. The molecule has 1 unspecified atom stereocenters. The molecule has 0 spiro atoms. The van der Waals surface area contributed by atoms with Gasteiger partial charge in [0.2, 0.25) is 0 Å². The van der Waals surface area contributed by atoms with Gasteiger partial charge in [0.15, 0.2) is 0 Å². The van der Waals surface area contributed by atoms with E-state index >= 15 is 0 Å². The minimum Gasteiger partial charge on any atom is -0.327 e. The monoisotopic (exact) mass is 245 g/mol. The van der Waals surface area contributed by atoms with Crippen molar-refractivity contribution in [3.63, 3.8) is 0 Å². The number of rotatable bonds is 5. The molecular formula is C17H27N. The molecule has 1 fully saturated rings. The SMILES string of the molecule is NC(CCCc1ccccc1)C1CCCCCC1. The molecule has 0 radical (unpaired) electrons. The van der Waals surface area contributed by atoms with Crippen LogP contribution >= 0.6 is 0 Å². The van der Waals surface area contributed by atoms with Gasteiger partial charge in [0, 0.05) is 6.04 Å². The summed E-state index contributed by atoms with van der Waals surface area (Å²) in [7, 11) is 0. The molecule has 1 aliphatic carbocycles. The third kappa shape index (κ3) is 4.45. The van der Waals surface area contributed by atoms with Gasteiger partial charge in [-0.1, -0.05) is 56.0 Å². The summed E-state index contributed by atoms with van der Waals surface area (Å²) >= 11 is 0. The molecule has 18 heavy (non-hydrogen) atoms. The lowest BCUT2D eigenvalue weighted by atomic mass is 9.89. The average molecular weight is 245 g/mol. The first-order valence-corrected chi connectivity index (χ1v) is 7.66. The Hall–Kier alpha value is -0.820. The molecule has 0 amide bonds. The number of benzene rings is 1. The summed E-state index contributed by atoms with van der Waals surface area (Å²) in [6.45, 7) is 0. The highest BCUT2D eigenvalue weighted by Gasteiger charge is 2.18. The van der Waals surface area contributed by atoms with Crippen molar-refractivity contribution in [2.45, 2.75) is 63.8 Å². The second-order valence-corrected chi connectivity index (χ2v) is 5.79. The van der Waals surface area contributed by atoms with Crippen LogP contribution in [-0.4, -0.2) is 6.04 Å². The highest BCUT2D eigenvalue weighted by atomic mass is 14.6. The van der Waals surface area contributed by atoms with Crippen LogP contribution in [0.5, 0.6) is 0 Å². The molecule has 1 aromatic rings. The molecule has 0 heterocycles. The van der Waals surface area contributed by atoms with Crippen molar-refractivity contribution in [2.24, 2.45) is 11.7 Å². The third-order valence-electron chi connectivity index (χ3n) is 4.35. The molecule has 1 aromatic carbocycles. The number of nitrogens with two attached hydrogens (primary N) is 1. The van der Waals surface area contributed by atoms with Gasteiger partial charge < -0.3 is 5.73 Å². The highest BCUT2D eigenvalue weighted by molar-refractivity contribution is 5.14. The Labute approximate surface area is 112 Å². The molecule has 1 atom stereocenters. The molecule has 1 saturated carbocycles. The summed E-state index contributed by atoms with van der Waals surface area (Å²) in [6.07, 6.45) is 12.0. The highest BCUT2D eigenvalue weighted by Crippen LogP contribution is 2.26. The van der Waals surface area contributed by atoms with Gasteiger partial charge in [-0.25, -0.2) is 0 Å². The lowest BCUT2D eigenvalue weighted by Gasteiger charge is -2.22. The van der Waals surface area contributed by atoms with Gasteiger partial charge in [-0.2, -0.15) is 0 Å². The van der Waals surface area contributed by atoms with E-state index in [9.17, 15) is 0 Å². The maximum absolute atomic E-state index is 6.38. The molecular weight excluding hydrogens is 218 g/mol. The van der Waals surface area contributed by atoms with E-state index in [-0.39, 0.29) is 0 Å². The van der Waals surface area contributed by atoms with E-state index in [1.807, 2.05) is 0 Å². The molecule has 1 heteroatoms. The Bertz CT molecular complexity index is 312. The Kier molecular flexibility index (Phi) is 5.73. The maximum atomic E-state index is 6.38. The molecule has 0 aliphatic heterocycles. The zero-order valence-corrected chi connectivity index (χ0v) is 11.5. The third-order valence-corrected chi connectivity index (χ3v) is 4.35. The Morgan fingerprint density at radius 1 is 1.00 bits per heavy atom. The molecule has 0 aromatic heterocycles. The predicted octanol–water partition coefficient (Wildman–Crippen LogP) is 4.31. The van der Waals surface area contributed by atoms with Crippen molar-refractivity contribution < 1.29 is 0 Å². The predicted molar refractivity (Wildman–Crippen MR) is 78.5 cm³/mol. The molecule has 0 saturated heterocycles. The number of hydrogen-bond acceptors (Lipinski definition) is 1. The summed E-state index contributed by atoms with van der Waals surface area (Å²) < 4.78 is 0. The van der Waals surface area contributed by atoms with Crippen molar-refractivity contribution >= 4 is 0 Å². The van der Waals surface area contributed by atoms with Crippen molar-refractivity contribution in [1.29, 1.82) is 0 Å². The summed E-state index contributed by atoms with van der Waals surface area (Å²) in [5.41, 5.74) is 7.83. The first-order chi connectivity index (χ1) is 8.86. The molecule has 1 aliphatic rings. The van der Waals surface area contributed by atoms with Crippen LogP contribution in [0.3, 0.4) is 0 Å². The van der Waals surface area contributed by atoms with E-state index in [2.05, 4.69) is 30.3 Å². The van der Waals surface area contributed by atoms with Gasteiger partial charge in [-0.3, -0.25) is 0 Å². The maximum Gasteiger partial charge on any atom is 0.00672 e. The van der Waals surface area contributed by atoms with Crippen LogP contribution in [0.15, 0.2) is 30.3 Å². The van der Waals surface area contributed by atoms with E-state index in [1.165, 1.54) is 63.4 Å². The molecule has 1 nitrogen and oxygen atoms in total. The molecule has 0 bridgehead atoms. The lowest BCUT2D eigenvalue weighted by Crippen LogP contribution is -2.29. The first-order valence-electron chi connectivity index (χ1n) is 7.66. The van der Waals surface area contributed by atoms with E-state index < -0.39 is 0 Å². The van der Waals surface area contributed by atoms with Crippen LogP contribution in [-0.2, 0) is 6.42 Å². The second kappa shape index (κ2) is 7.58. The van der Waals surface area contributed by atoms with Gasteiger partial charge in [-0.15, -0.1) is 0 Å². The Morgan fingerprint density at radius 2 is 1.67 bits per heavy atom. The standard InChI is InChI=1S/C17H27N/c18-17(16-12-6-1-2-7-13-16)14-8-11-15-9-4-3-5-10-15/h3-5,9-10,16-17H,1-2,6-8,11-14,18H2. The minimum atomic E-state index is 0.437. The largest absolute Gasteiger partial charge is 0.327 e. The van der Waals surface area contributed by atoms with Gasteiger partial charge in [0.05, 0.1) is 0 Å². The van der Waals surface area contributed by atoms with Gasteiger partial charge in [-0.05, 0) is 43.6 Å². The van der Waals surface area contributed by atoms with Crippen LogP contribution in [0.2, 0.25) is 0 Å². The second-order valence-electron chi connectivity index (χ2n) is 5.79. The lowest BCUT2D eigenvalue weighted by molar-refractivity contribution is 0.353. The van der Waals surface area contributed by atoms with E-state index in [0.29, 0.717) is 6.04 Å². The minimum absolute atomic E-state index is 0.437. The molecule has 100 valence electrons. The number of hydrogen-bond donors (Lipinski definition) is 1. The van der Waals surface area contributed by atoms with Gasteiger partial charge in [0.25, 0.3) is 0 Å². The number of aryl methyl sites for hydroxylation is 1. The van der Waals surface area contributed by atoms with Crippen LogP contribution in [0.25, 0.3) is 0 Å². The van der Waals surface area contributed by atoms with E-state index in [4.69, 9.17) is 5.73 Å². The van der Waals surface area contributed by atoms with Crippen LogP contribution < -0.4 is 5.73 Å². The van der Waals surface area contributed by atoms with Crippen LogP contribution in [0, 0.1) is 5.92 Å². The van der Waals surface area contributed by atoms with E-state index in [0.717, 1.165) is 5.92 Å². The first kappa shape index (κ1) is 13.6. The van der Waals surface area contributed by atoms with Crippen molar-refractivity contribution in [1.82, 2.24) is 0 Å². The topological polar surface area (TPSA) is 26.0 Å². The van der Waals surface area contributed by atoms with Crippen molar-refractivity contribution in [2.75, 3.05) is 0 Å².